The van der Waals surface area contributed by atoms with E-state index in [1.807, 2.05) is 30.3 Å². The van der Waals surface area contributed by atoms with Gasteiger partial charge in [-0.25, -0.2) is 4.84 Å². The van der Waals surface area contributed by atoms with Gasteiger partial charge < -0.3 is 4.74 Å². The van der Waals surface area contributed by atoms with Crippen molar-refractivity contribution in [1.29, 1.82) is 0 Å². The second-order valence-electron chi connectivity index (χ2n) is 3.66. The van der Waals surface area contributed by atoms with Crippen LogP contribution in [0.1, 0.15) is 18.4 Å². The Morgan fingerprint density at radius 3 is 2.35 bits per heavy atom. The molecule has 1 aromatic rings. The van der Waals surface area contributed by atoms with E-state index in [-0.39, 0.29) is 31.4 Å². The average molecular weight is 235 g/mol. The summed E-state index contributed by atoms with van der Waals surface area (Å²) in [6.07, 6.45) is 0.440. The molecule has 17 heavy (non-hydrogen) atoms. The number of carbonyl (C=O) groups excluding carboxylic acids is 2. The van der Waals surface area contributed by atoms with Crippen molar-refractivity contribution in [3.05, 3.63) is 35.9 Å². The smallest absolute Gasteiger partial charge is 0.254 e. The number of imide groups is 1. The van der Waals surface area contributed by atoms with Crippen LogP contribution in [-0.4, -0.2) is 23.7 Å². The topological polar surface area (TPSA) is 55.8 Å². The van der Waals surface area contributed by atoms with Crippen LogP contribution in [-0.2, 0) is 25.8 Å². The molecule has 2 rings (SSSR count). The number of carbonyl (C=O) groups is 2. The normalized spacial score (nSPS) is 15.6. The van der Waals surface area contributed by atoms with E-state index in [4.69, 9.17) is 9.57 Å². The molecule has 0 atom stereocenters. The van der Waals surface area contributed by atoms with Crippen LogP contribution in [0.4, 0.5) is 0 Å². The minimum absolute atomic E-state index is 0.105. The predicted octanol–water partition coefficient (Wildman–Crippen LogP) is 1.24. The van der Waals surface area contributed by atoms with Gasteiger partial charge in [0.05, 0.1) is 6.61 Å². The van der Waals surface area contributed by atoms with Gasteiger partial charge in [-0.05, 0) is 5.56 Å². The van der Waals surface area contributed by atoms with Crippen LogP contribution < -0.4 is 0 Å². The van der Waals surface area contributed by atoms with Gasteiger partial charge in [-0.3, -0.25) is 9.59 Å². The van der Waals surface area contributed by atoms with E-state index in [1.54, 1.807) is 0 Å². The molecule has 1 aliphatic heterocycles. The Morgan fingerprint density at radius 2 is 1.71 bits per heavy atom. The minimum atomic E-state index is -0.307. The first-order valence-corrected chi connectivity index (χ1v) is 5.38. The predicted molar refractivity (Wildman–Crippen MR) is 58.3 cm³/mol. The van der Waals surface area contributed by atoms with Crippen LogP contribution in [0.2, 0.25) is 0 Å². The van der Waals surface area contributed by atoms with Crippen LogP contribution in [0, 0.1) is 0 Å². The van der Waals surface area contributed by atoms with E-state index in [2.05, 4.69) is 0 Å². The molecule has 1 heterocycles. The number of benzene rings is 1. The molecule has 0 N–H and O–H groups in total. The summed E-state index contributed by atoms with van der Waals surface area (Å²) in [5.41, 5.74) is 1.01. The van der Waals surface area contributed by atoms with Crippen LogP contribution in [0.3, 0.4) is 0 Å². The van der Waals surface area contributed by atoms with Crippen molar-refractivity contribution >= 4 is 11.8 Å². The van der Waals surface area contributed by atoms with Gasteiger partial charge >= 0.3 is 0 Å². The number of ether oxygens (including phenoxy) is 1. The van der Waals surface area contributed by atoms with E-state index in [0.29, 0.717) is 6.61 Å². The summed E-state index contributed by atoms with van der Waals surface area (Å²) in [6, 6.07) is 9.58. The molecule has 90 valence electrons. The Labute approximate surface area is 98.9 Å². The molecular formula is C12H13NO4. The summed E-state index contributed by atoms with van der Waals surface area (Å²) in [7, 11) is 0. The number of hydrogen-bond acceptors (Lipinski definition) is 4. The molecule has 1 saturated heterocycles. The summed E-state index contributed by atoms with van der Waals surface area (Å²) in [6.45, 7) is 0.281. The molecule has 5 nitrogen and oxygen atoms in total. The minimum Gasteiger partial charge on any atom is -0.348 e. The molecule has 0 unspecified atom stereocenters. The average Bonchev–Trinajstić information content (AvgIpc) is 2.67. The third kappa shape index (κ3) is 3.12. The number of amides is 2. The zero-order valence-electron chi connectivity index (χ0n) is 9.30. The summed E-state index contributed by atoms with van der Waals surface area (Å²) < 4.78 is 5.21. The fourth-order valence-corrected chi connectivity index (χ4v) is 1.52. The maximum Gasteiger partial charge on any atom is 0.254 e. The second-order valence-corrected chi connectivity index (χ2v) is 3.66. The highest BCUT2D eigenvalue weighted by atomic mass is 16.8. The monoisotopic (exact) mass is 235 g/mol. The molecule has 0 aliphatic carbocycles. The molecule has 0 radical (unpaired) electrons. The number of hydroxylamine groups is 2. The molecule has 1 fully saturated rings. The SMILES string of the molecule is O=C1CCC(=O)N1OCOCc1ccccc1. The van der Waals surface area contributed by atoms with Crippen molar-refractivity contribution in [1.82, 2.24) is 5.06 Å². The highest BCUT2D eigenvalue weighted by Crippen LogP contribution is 2.12. The Morgan fingerprint density at radius 1 is 1.06 bits per heavy atom. The molecule has 1 aromatic carbocycles. The Hall–Kier alpha value is -1.72. The molecule has 0 aromatic heterocycles. The molecular weight excluding hydrogens is 222 g/mol. The fourth-order valence-electron chi connectivity index (χ4n) is 1.52. The van der Waals surface area contributed by atoms with Crippen molar-refractivity contribution in [2.45, 2.75) is 19.4 Å². The van der Waals surface area contributed by atoms with Crippen LogP contribution in [0.15, 0.2) is 30.3 Å². The summed E-state index contributed by atoms with van der Waals surface area (Å²) >= 11 is 0. The first kappa shape index (κ1) is 11.8. The van der Waals surface area contributed by atoms with Gasteiger partial charge in [0.15, 0.2) is 6.79 Å². The quantitative estimate of drug-likeness (QED) is 0.437. The van der Waals surface area contributed by atoms with Gasteiger partial charge in [0.25, 0.3) is 11.8 Å². The third-order valence-electron chi connectivity index (χ3n) is 2.38. The molecule has 0 saturated carbocycles. The second kappa shape index (κ2) is 5.56. The first-order chi connectivity index (χ1) is 8.27. The van der Waals surface area contributed by atoms with E-state index in [0.717, 1.165) is 10.6 Å². The standard InChI is InChI=1S/C12H13NO4/c14-11-6-7-12(15)13(11)17-9-16-8-10-4-2-1-3-5-10/h1-5H,6-9H2. The van der Waals surface area contributed by atoms with Crippen molar-refractivity contribution in [2.75, 3.05) is 6.79 Å². The zero-order chi connectivity index (χ0) is 12.1. The molecule has 0 spiro atoms. The maximum atomic E-state index is 11.2. The van der Waals surface area contributed by atoms with E-state index < -0.39 is 0 Å². The number of rotatable bonds is 5. The fraction of sp³-hybridized carbons (Fsp3) is 0.333. The van der Waals surface area contributed by atoms with Gasteiger partial charge in [-0.1, -0.05) is 30.3 Å². The van der Waals surface area contributed by atoms with E-state index in [9.17, 15) is 9.59 Å². The number of hydrogen-bond donors (Lipinski definition) is 0. The number of nitrogens with zero attached hydrogens (tertiary/aromatic N) is 1. The van der Waals surface area contributed by atoms with Gasteiger partial charge in [0.1, 0.15) is 0 Å². The van der Waals surface area contributed by atoms with Gasteiger partial charge in [-0.15, -0.1) is 0 Å². The largest absolute Gasteiger partial charge is 0.348 e. The Kier molecular flexibility index (Phi) is 3.85. The summed E-state index contributed by atoms with van der Waals surface area (Å²) in [4.78, 5) is 27.3. The lowest BCUT2D eigenvalue weighted by atomic mass is 10.2. The van der Waals surface area contributed by atoms with E-state index in [1.165, 1.54) is 0 Å². The van der Waals surface area contributed by atoms with Crippen LogP contribution >= 0.6 is 0 Å². The van der Waals surface area contributed by atoms with Crippen molar-refractivity contribution in [3.63, 3.8) is 0 Å². The van der Waals surface area contributed by atoms with Gasteiger partial charge in [0, 0.05) is 12.8 Å². The highest BCUT2D eigenvalue weighted by Gasteiger charge is 2.30. The van der Waals surface area contributed by atoms with Gasteiger partial charge in [0.2, 0.25) is 0 Å². The lowest BCUT2D eigenvalue weighted by Crippen LogP contribution is -2.30. The van der Waals surface area contributed by atoms with Crippen LogP contribution in [0.25, 0.3) is 0 Å². The van der Waals surface area contributed by atoms with E-state index >= 15 is 0 Å². The lowest BCUT2D eigenvalue weighted by molar-refractivity contribution is -0.218. The zero-order valence-corrected chi connectivity index (χ0v) is 9.30. The lowest BCUT2D eigenvalue weighted by Gasteiger charge is -2.13. The molecule has 0 bridgehead atoms. The first-order valence-electron chi connectivity index (χ1n) is 5.38. The van der Waals surface area contributed by atoms with Gasteiger partial charge in [-0.2, -0.15) is 5.06 Å². The maximum absolute atomic E-state index is 11.2. The molecule has 1 aliphatic rings. The van der Waals surface area contributed by atoms with Crippen molar-refractivity contribution in [3.8, 4) is 0 Å². The summed E-state index contributed by atoms with van der Waals surface area (Å²) in [5, 5.41) is 0.783. The van der Waals surface area contributed by atoms with Crippen molar-refractivity contribution < 1.29 is 19.2 Å². The van der Waals surface area contributed by atoms with Crippen LogP contribution in [0.5, 0.6) is 0 Å². The highest BCUT2D eigenvalue weighted by molar-refractivity contribution is 6.00. The third-order valence-corrected chi connectivity index (χ3v) is 2.38. The summed E-state index contributed by atoms with van der Waals surface area (Å²) in [5.74, 6) is -0.614. The van der Waals surface area contributed by atoms with Crippen molar-refractivity contribution in [2.24, 2.45) is 0 Å². The Bertz CT molecular complexity index is 388. The Balaban J connectivity index is 1.70. The molecule has 2 amide bonds. The molecule has 5 heteroatoms.